The van der Waals surface area contributed by atoms with Gasteiger partial charge in [0.2, 0.25) is 0 Å². The number of nitrogens with zero attached hydrogens (tertiary/aromatic N) is 3. The van der Waals surface area contributed by atoms with E-state index in [1.54, 1.807) is 0 Å². The minimum absolute atomic E-state index is 0.0367. The van der Waals surface area contributed by atoms with E-state index in [2.05, 4.69) is 253 Å². The SMILES string of the molecule is Cc1ccccc1-c1c(-c2ccccc2)n2c3c(c(-c4ccccc4)n(-c4ccccc4)c13)-c1cc(C(C)(C)C)cc3c1B2c1cc(C(C)(C)C)ccc1N3c1ccc(C(C)(C)C)cc1. The molecule has 0 spiro atoms. The monoisotopic (exact) mass is 843 g/mol. The summed E-state index contributed by atoms with van der Waals surface area (Å²) < 4.78 is 5.38. The minimum Gasteiger partial charge on any atom is -0.373 e. The van der Waals surface area contributed by atoms with Crippen molar-refractivity contribution in [3.63, 3.8) is 0 Å². The molecule has 3 nitrogen and oxygen atoms in total. The second-order valence-corrected chi connectivity index (χ2v) is 21.5. The molecule has 0 fully saturated rings. The van der Waals surface area contributed by atoms with Crippen LogP contribution in [0.1, 0.15) is 84.6 Å². The van der Waals surface area contributed by atoms with Crippen molar-refractivity contribution in [2.75, 3.05) is 4.90 Å². The van der Waals surface area contributed by atoms with Crippen LogP contribution in [0.5, 0.6) is 0 Å². The first-order valence-corrected chi connectivity index (χ1v) is 23.4. The Hall–Kier alpha value is -6.78. The Bertz CT molecular complexity index is 3300. The number of benzene rings is 7. The Morgan fingerprint density at radius 1 is 0.415 bits per heavy atom. The molecule has 2 aliphatic rings. The predicted octanol–water partition coefficient (Wildman–Crippen LogP) is 15.1. The maximum atomic E-state index is 2.78. The zero-order chi connectivity index (χ0) is 45.2. The number of anilines is 3. The van der Waals surface area contributed by atoms with Gasteiger partial charge in [-0.05, 0) is 115 Å². The molecule has 4 heteroatoms. The van der Waals surface area contributed by atoms with Gasteiger partial charge >= 0.3 is 6.85 Å². The first-order valence-electron chi connectivity index (χ1n) is 23.4. The molecule has 11 rings (SSSR count). The molecule has 65 heavy (non-hydrogen) atoms. The average molecular weight is 844 g/mol. The fraction of sp³-hybridized carbons (Fsp3) is 0.213. The number of hydrogen-bond donors (Lipinski definition) is 0. The highest BCUT2D eigenvalue weighted by molar-refractivity contribution is 6.90. The van der Waals surface area contributed by atoms with Crippen LogP contribution in [0.2, 0.25) is 0 Å². The molecule has 7 aromatic carbocycles. The van der Waals surface area contributed by atoms with Crippen LogP contribution in [0.3, 0.4) is 0 Å². The summed E-state index contributed by atoms with van der Waals surface area (Å²) in [6.07, 6.45) is 0. The van der Waals surface area contributed by atoms with Gasteiger partial charge in [0.25, 0.3) is 0 Å². The Morgan fingerprint density at radius 2 is 0.954 bits per heavy atom. The Morgan fingerprint density at radius 3 is 1.55 bits per heavy atom. The molecule has 9 aromatic rings. The lowest BCUT2D eigenvalue weighted by Gasteiger charge is -2.42. The first kappa shape index (κ1) is 41.0. The van der Waals surface area contributed by atoms with Gasteiger partial charge in [0.05, 0.1) is 16.7 Å². The Balaban J connectivity index is 1.41. The van der Waals surface area contributed by atoms with Crippen molar-refractivity contribution in [3.8, 4) is 50.5 Å². The van der Waals surface area contributed by atoms with Crippen molar-refractivity contribution in [1.29, 1.82) is 0 Å². The lowest BCUT2D eigenvalue weighted by molar-refractivity contribution is 0.590. The molecular formula is C61H58BN3. The topological polar surface area (TPSA) is 13.1 Å². The van der Waals surface area contributed by atoms with Crippen LogP contribution in [0.25, 0.3) is 61.5 Å². The zero-order valence-electron chi connectivity index (χ0n) is 39.6. The summed E-state index contributed by atoms with van der Waals surface area (Å²) in [5, 5.41) is 0. The minimum atomic E-state index is -0.131. The summed E-state index contributed by atoms with van der Waals surface area (Å²) in [7, 11) is 0. The fourth-order valence-corrected chi connectivity index (χ4v) is 10.7. The third-order valence-corrected chi connectivity index (χ3v) is 14.1. The number of aryl methyl sites for hydroxylation is 1. The molecule has 0 radical (unpaired) electrons. The van der Waals surface area contributed by atoms with E-state index in [9.17, 15) is 0 Å². The maximum absolute atomic E-state index is 2.78. The van der Waals surface area contributed by atoms with Gasteiger partial charge in [0.1, 0.15) is 0 Å². The van der Waals surface area contributed by atoms with Gasteiger partial charge in [0, 0.05) is 39.6 Å². The normalized spacial score (nSPS) is 13.3. The smallest absolute Gasteiger partial charge is 0.333 e. The largest absolute Gasteiger partial charge is 0.373 e. The van der Waals surface area contributed by atoms with Gasteiger partial charge in [-0.1, -0.05) is 196 Å². The second kappa shape index (κ2) is 14.6. The molecule has 0 aliphatic carbocycles. The lowest BCUT2D eigenvalue weighted by atomic mass is 9.44. The third kappa shape index (κ3) is 6.39. The highest BCUT2D eigenvalue weighted by Gasteiger charge is 2.47. The van der Waals surface area contributed by atoms with E-state index in [4.69, 9.17) is 0 Å². The summed E-state index contributed by atoms with van der Waals surface area (Å²) in [6.45, 7) is 23.2. The van der Waals surface area contributed by atoms with Crippen LogP contribution in [0.4, 0.5) is 17.1 Å². The number of para-hydroxylation sites is 1. The van der Waals surface area contributed by atoms with Crippen molar-refractivity contribution < 1.29 is 0 Å². The molecule has 0 saturated carbocycles. The average Bonchev–Trinajstić information content (AvgIpc) is 3.82. The van der Waals surface area contributed by atoms with Gasteiger partial charge in [-0.25, -0.2) is 0 Å². The van der Waals surface area contributed by atoms with Crippen LogP contribution in [-0.4, -0.2) is 15.9 Å². The molecule has 320 valence electrons. The maximum Gasteiger partial charge on any atom is 0.333 e. The van der Waals surface area contributed by atoms with Crippen molar-refractivity contribution in [1.82, 2.24) is 9.05 Å². The quantitative estimate of drug-likeness (QED) is 0.157. The van der Waals surface area contributed by atoms with Crippen molar-refractivity contribution in [3.05, 3.63) is 192 Å². The number of aromatic nitrogens is 2. The van der Waals surface area contributed by atoms with E-state index in [0.717, 1.165) is 5.69 Å². The van der Waals surface area contributed by atoms with Gasteiger partial charge in [-0.15, -0.1) is 0 Å². The number of hydrogen-bond acceptors (Lipinski definition) is 1. The van der Waals surface area contributed by atoms with Gasteiger partial charge in [-0.3, -0.25) is 0 Å². The summed E-state index contributed by atoms with van der Waals surface area (Å²) in [5.74, 6) is 0. The van der Waals surface area contributed by atoms with Crippen LogP contribution in [0.15, 0.2) is 170 Å². The number of fused-ring (bicyclic) bond motifs is 4. The van der Waals surface area contributed by atoms with E-state index in [-0.39, 0.29) is 23.1 Å². The summed E-state index contributed by atoms with van der Waals surface area (Å²) in [5.41, 5.74) is 25.0. The van der Waals surface area contributed by atoms with E-state index in [0.29, 0.717) is 0 Å². The Kier molecular flexibility index (Phi) is 9.22. The molecule has 4 heterocycles. The third-order valence-electron chi connectivity index (χ3n) is 14.1. The van der Waals surface area contributed by atoms with Gasteiger partial charge in [0.15, 0.2) is 0 Å². The van der Waals surface area contributed by atoms with Crippen LogP contribution in [0, 0.1) is 6.92 Å². The van der Waals surface area contributed by atoms with E-state index < -0.39 is 0 Å². The van der Waals surface area contributed by atoms with Crippen LogP contribution >= 0.6 is 0 Å². The van der Waals surface area contributed by atoms with Gasteiger partial charge in [-0.2, -0.15) is 0 Å². The van der Waals surface area contributed by atoms with Crippen molar-refractivity contribution >= 4 is 45.9 Å². The Labute approximate surface area is 386 Å². The molecule has 0 N–H and O–H groups in total. The zero-order valence-corrected chi connectivity index (χ0v) is 39.6. The molecular weight excluding hydrogens is 786 g/mol. The second-order valence-electron chi connectivity index (χ2n) is 21.5. The van der Waals surface area contributed by atoms with Crippen molar-refractivity contribution in [2.24, 2.45) is 0 Å². The molecule has 2 aromatic heterocycles. The molecule has 2 aliphatic heterocycles. The lowest BCUT2D eigenvalue weighted by Crippen LogP contribution is -2.57. The molecule has 0 bridgehead atoms. The molecule has 0 saturated heterocycles. The highest BCUT2D eigenvalue weighted by atomic mass is 15.2. The first-order chi connectivity index (χ1) is 31.1. The van der Waals surface area contributed by atoms with E-state index in [1.807, 2.05) is 0 Å². The van der Waals surface area contributed by atoms with E-state index >= 15 is 0 Å². The molecule has 0 atom stereocenters. The molecule has 0 unspecified atom stereocenters. The summed E-state index contributed by atoms with van der Waals surface area (Å²) in [4.78, 5) is 2.59. The highest BCUT2D eigenvalue weighted by Crippen LogP contribution is 2.55. The predicted molar refractivity (Wildman–Crippen MR) is 279 cm³/mol. The number of rotatable bonds is 5. The molecule has 0 amide bonds. The standard InChI is InChI=1S/C61H58BN3/c1-39-22-20-21-29-47(39)52-56(41-25-16-12-17-26-41)65-58-53(55(40-23-14-11-15-24-40)64(57(52)58)45-27-18-13-19-28-45)48-36-44(61(8,9)10)38-51-54(48)62(65)49-37-43(60(5,6)7)32-35-50(49)63(51)46-33-30-42(31-34-46)59(2,3)4/h11-38H,1-10H3. The van der Waals surface area contributed by atoms with Gasteiger partial charge < -0.3 is 13.9 Å². The van der Waals surface area contributed by atoms with Crippen LogP contribution in [-0.2, 0) is 16.2 Å². The van der Waals surface area contributed by atoms with Crippen LogP contribution < -0.4 is 15.8 Å². The van der Waals surface area contributed by atoms with Crippen molar-refractivity contribution in [2.45, 2.75) is 85.5 Å². The fourth-order valence-electron chi connectivity index (χ4n) is 10.7. The summed E-state index contributed by atoms with van der Waals surface area (Å²) >= 11 is 0. The summed E-state index contributed by atoms with van der Waals surface area (Å²) in [6, 6.07) is 64.3. The van der Waals surface area contributed by atoms with E-state index in [1.165, 1.54) is 106 Å².